The second-order valence-corrected chi connectivity index (χ2v) is 7.83. The Morgan fingerprint density at radius 2 is 1.94 bits per heavy atom. The number of fused-ring (bicyclic) bond motifs is 1. The van der Waals surface area contributed by atoms with Crippen molar-refractivity contribution in [3.8, 4) is 11.7 Å². The van der Waals surface area contributed by atoms with Gasteiger partial charge < -0.3 is 18.3 Å². The van der Waals surface area contributed by atoms with Crippen LogP contribution >= 0.6 is 0 Å². The van der Waals surface area contributed by atoms with Crippen molar-refractivity contribution in [2.45, 2.75) is 25.3 Å². The van der Waals surface area contributed by atoms with Gasteiger partial charge in [-0.15, -0.1) is 10.2 Å². The summed E-state index contributed by atoms with van der Waals surface area (Å²) in [5.41, 5.74) is -0.448. The van der Waals surface area contributed by atoms with E-state index in [9.17, 15) is 14.4 Å². The maximum atomic E-state index is 12.9. The van der Waals surface area contributed by atoms with E-state index in [-0.39, 0.29) is 29.5 Å². The first-order valence-corrected chi connectivity index (χ1v) is 10.2. The molecule has 1 aliphatic heterocycles. The third-order valence-corrected chi connectivity index (χ3v) is 5.89. The van der Waals surface area contributed by atoms with Gasteiger partial charge in [0.25, 0.3) is 11.4 Å². The number of aromatic nitrogens is 6. The van der Waals surface area contributed by atoms with Crippen LogP contribution in [0.2, 0.25) is 0 Å². The van der Waals surface area contributed by atoms with Crippen molar-refractivity contribution in [3.63, 3.8) is 0 Å². The largest absolute Gasteiger partial charge is 0.459 e. The summed E-state index contributed by atoms with van der Waals surface area (Å²) < 4.78 is 14.8. The second-order valence-electron chi connectivity index (χ2n) is 7.83. The molecule has 5 heterocycles. The van der Waals surface area contributed by atoms with E-state index in [1.165, 1.54) is 22.5 Å². The first-order valence-electron chi connectivity index (χ1n) is 10.2. The summed E-state index contributed by atoms with van der Waals surface area (Å²) in [5, 5.41) is 8.17. The Bertz CT molecular complexity index is 1400. The summed E-state index contributed by atoms with van der Waals surface area (Å²) in [7, 11) is 2.95. The molecule has 1 amide bonds. The van der Waals surface area contributed by atoms with E-state index < -0.39 is 11.2 Å². The molecule has 0 unspecified atom stereocenters. The number of hydrogen-bond acceptors (Lipinski definition) is 8. The van der Waals surface area contributed by atoms with Crippen molar-refractivity contribution in [1.82, 2.24) is 33.8 Å². The molecule has 4 aromatic heterocycles. The van der Waals surface area contributed by atoms with Gasteiger partial charge in [-0.2, -0.15) is 0 Å². The number of piperidine rings is 1. The van der Waals surface area contributed by atoms with Crippen molar-refractivity contribution in [2.75, 3.05) is 13.1 Å². The molecule has 0 aliphatic carbocycles. The smallest absolute Gasteiger partial charge is 0.332 e. The average Bonchev–Trinajstić information content (AvgIpc) is 3.57. The van der Waals surface area contributed by atoms with Gasteiger partial charge in [0, 0.05) is 33.1 Å². The van der Waals surface area contributed by atoms with Gasteiger partial charge in [0.1, 0.15) is 6.54 Å². The normalized spacial score (nSPS) is 15.0. The fourth-order valence-electron chi connectivity index (χ4n) is 4.04. The summed E-state index contributed by atoms with van der Waals surface area (Å²) >= 11 is 0. The molecule has 5 rings (SSSR count). The number of aryl methyl sites for hydroxylation is 1. The summed E-state index contributed by atoms with van der Waals surface area (Å²) in [6.07, 6.45) is 4.34. The summed E-state index contributed by atoms with van der Waals surface area (Å²) in [5.74, 6) is 1.33. The molecule has 1 fully saturated rings. The molecule has 0 radical (unpaired) electrons. The van der Waals surface area contributed by atoms with Gasteiger partial charge in [-0.3, -0.25) is 18.7 Å². The highest BCUT2D eigenvalue weighted by atomic mass is 16.4. The van der Waals surface area contributed by atoms with Gasteiger partial charge in [0.2, 0.25) is 11.8 Å². The third-order valence-electron chi connectivity index (χ3n) is 5.89. The van der Waals surface area contributed by atoms with Crippen molar-refractivity contribution < 1.29 is 13.6 Å². The zero-order chi connectivity index (χ0) is 22.4. The fourth-order valence-corrected chi connectivity index (χ4v) is 4.04. The minimum atomic E-state index is -0.476. The SMILES string of the molecule is Cn1c(=O)c2c(ncn2CC(=O)N2CCC(c3nnc(-c4ccco4)o3)CC2)n(C)c1=O. The van der Waals surface area contributed by atoms with Crippen LogP contribution in [0, 0.1) is 0 Å². The fraction of sp³-hybridized carbons (Fsp3) is 0.400. The standard InChI is InChI=1S/C20H21N7O5/c1-24-16-15(19(29)25(2)20(24)30)27(11-21-16)10-14(28)26-7-5-12(6-8-26)17-22-23-18(32-17)13-4-3-9-31-13/h3-4,9,11-12H,5-8,10H2,1-2H3. The molecule has 166 valence electrons. The molecule has 12 nitrogen and oxygen atoms in total. The molecular formula is C20H21N7O5. The molecule has 0 saturated carbocycles. The molecule has 32 heavy (non-hydrogen) atoms. The average molecular weight is 439 g/mol. The maximum Gasteiger partial charge on any atom is 0.332 e. The second kappa shape index (κ2) is 7.62. The van der Waals surface area contributed by atoms with Crippen molar-refractivity contribution in [3.05, 3.63) is 51.5 Å². The van der Waals surface area contributed by atoms with E-state index in [0.29, 0.717) is 43.5 Å². The first kappa shape index (κ1) is 20.0. The molecule has 0 aromatic carbocycles. The molecule has 0 atom stereocenters. The number of furan rings is 1. The summed E-state index contributed by atoms with van der Waals surface area (Å²) in [6.45, 7) is 1.04. The van der Waals surface area contributed by atoms with Crippen LogP contribution in [-0.2, 0) is 25.4 Å². The van der Waals surface area contributed by atoms with Crippen LogP contribution in [0.15, 0.2) is 43.1 Å². The van der Waals surface area contributed by atoms with Gasteiger partial charge in [0.05, 0.1) is 12.6 Å². The van der Waals surface area contributed by atoms with Crippen LogP contribution in [-0.4, -0.2) is 52.8 Å². The zero-order valence-corrected chi connectivity index (χ0v) is 17.6. The molecular weight excluding hydrogens is 418 g/mol. The van der Waals surface area contributed by atoms with E-state index in [2.05, 4.69) is 15.2 Å². The maximum absolute atomic E-state index is 12.9. The molecule has 4 aromatic rings. The van der Waals surface area contributed by atoms with E-state index in [1.54, 1.807) is 30.3 Å². The number of nitrogens with zero attached hydrogens (tertiary/aromatic N) is 7. The lowest BCUT2D eigenvalue weighted by molar-refractivity contribution is -0.132. The van der Waals surface area contributed by atoms with Crippen molar-refractivity contribution in [1.29, 1.82) is 0 Å². The number of carbonyl (C=O) groups excluding carboxylic acids is 1. The predicted molar refractivity (Wildman–Crippen MR) is 111 cm³/mol. The number of rotatable bonds is 4. The lowest BCUT2D eigenvalue weighted by atomic mass is 9.97. The summed E-state index contributed by atoms with van der Waals surface area (Å²) in [4.78, 5) is 43.4. The van der Waals surface area contributed by atoms with Gasteiger partial charge in [-0.1, -0.05) is 0 Å². The van der Waals surface area contributed by atoms with Crippen LogP contribution < -0.4 is 11.2 Å². The summed E-state index contributed by atoms with van der Waals surface area (Å²) in [6, 6.07) is 3.51. The zero-order valence-electron chi connectivity index (χ0n) is 17.6. The highest BCUT2D eigenvalue weighted by Crippen LogP contribution is 2.29. The van der Waals surface area contributed by atoms with E-state index in [0.717, 1.165) is 4.57 Å². The number of amides is 1. The molecule has 0 bridgehead atoms. The number of imidazole rings is 1. The van der Waals surface area contributed by atoms with Crippen LogP contribution in [0.3, 0.4) is 0 Å². The predicted octanol–water partition coefficient (Wildman–Crippen LogP) is 0.483. The Morgan fingerprint density at radius 1 is 1.16 bits per heavy atom. The quantitative estimate of drug-likeness (QED) is 0.448. The van der Waals surface area contributed by atoms with Crippen molar-refractivity contribution >= 4 is 17.1 Å². The van der Waals surface area contributed by atoms with E-state index in [1.807, 2.05) is 0 Å². The number of hydrogen-bond donors (Lipinski definition) is 0. The molecule has 1 aliphatic rings. The van der Waals surface area contributed by atoms with Crippen LogP contribution in [0.4, 0.5) is 0 Å². The van der Waals surface area contributed by atoms with E-state index in [4.69, 9.17) is 8.83 Å². The van der Waals surface area contributed by atoms with Gasteiger partial charge >= 0.3 is 5.69 Å². The van der Waals surface area contributed by atoms with Crippen LogP contribution in [0.1, 0.15) is 24.7 Å². The topological polar surface area (TPSA) is 134 Å². The lowest BCUT2D eigenvalue weighted by Gasteiger charge is -2.30. The Kier molecular flexibility index (Phi) is 4.76. The van der Waals surface area contributed by atoms with Gasteiger partial charge in [0.15, 0.2) is 16.9 Å². The van der Waals surface area contributed by atoms with Gasteiger partial charge in [-0.05, 0) is 25.0 Å². The Hall–Kier alpha value is -3.96. The molecule has 12 heteroatoms. The highest BCUT2D eigenvalue weighted by molar-refractivity contribution is 5.79. The highest BCUT2D eigenvalue weighted by Gasteiger charge is 2.28. The first-order chi connectivity index (χ1) is 15.4. The minimum Gasteiger partial charge on any atom is -0.459 e. The number of likely N-dealkylation sites (tertiary alicyclic amines) is 1. The minimum absolute atomic E-state index is 0.0300. The molecule has 1 saturated heterocycles. The lowest BCUT2D eigenvalue weighted by Crippen LogP contribution is -2.41. The molecule has 0 spiro atoms. The number of carbonyl (C=O) groups is 1. The Balaban J connectivity index is 1.28. The molecule has 0 N–H and O–H groups in total. The monoisotopic (exact) mass is 439 g/mol. The third kappa shape index (κ3) is 3.24. The van der Waals surface area contributed by atoms with E-state index >= 15 is 0 Å². The van der Waals surface area contributed by atoms with Crippen LogP contribution in [0.5, 0.6) is 0 Å². The Labute approximate surface area is 180 Å². The van der Waals surface area contributed by atoms with Crippen molar-refractivity contribution in [2.24, 2.45) is 14.1 Å². The van der Waals surface area contributed by atoms with Gasteiger partial charge in [-0.25, -0.2) is 9.78 Å². The Morgan fingerprint density at radius 3 is 2.66 bits per heavy atom. The van der Waals surface area contributed by atoms with Crippen LogP contribution in [0.25, 0.3) is 22.8 Å².